The van der Waals surface area contributed by atoms with Crippen LogP contribution in [0.25, 0.3) is 21.0 Å². The molecule has 3 aromatic carbocycles. The van der Waals surface area contributed by atoms with Crippen molar-refractivity contribution in [1.82, 2.24) is 4.98 Å². The van der Waals surface area contributed by atoms with Crippen molar-refractivity contribution in [3.8, 4) is 5.75 Å². The Labute approximate surface area is 178 Å². The Morgan fingerprint density at radius 3 is 2.72 bits per heavy atom. The molecule has 148 valence electrons. The van der Waals surface area contributed by atoms with Crippen LogP contribution in [0.4, 0.5) is 5.69 Å². The molecule has 0 aliphatic rings. The van der Waals surface area contributed by atoms with Gasteiger partial charge in [0.25, 0.3) is 0 Å². The largest absolute Gasteiger partial charge is 0.494 e. The van der Waals surface area contributed by atoms with Crippen molar-refractivity contribution in [3.05, 3.63) is 60.7 Å². The van der Waals surface area contributed by atoms with Crippen LogP contribution in [0.1, 0.15) is 20.3 Å². The summed E-state index contributed by atoms with van der Waals surface area (Å²) in [4.78, 5) is 17.5. The Kier molecular flexibility index (Phi) is 6.02. The number of thioether (sulfide) groups is 1. The lowest BCUT2D eigenvalue weighted by molar-refractivity contribution is -0.115. The lowest BCUT2D eigenvalue weighted by Gasteiger charge is -2.13. The second-order valence-electron chi connectivity index (χ2n) is 6.61. The van der Waals surface area contributed by atoms with Crippen molar-refractivity contribution in [1.29, 1.82) is 0 Å². The van der Waals surface area contributed by atoms with Gasteiger partial charge in [0.1, 0.15) is 5.75 Å². The van der Waals surface area contributed by atoms with Gasteiger partial charge in [0.15, 0.2) is 4.34 Å². The second kappa shape index (κ2) is 8.84. The average molecular weight is 423 g/mol. The Morgan fingerprint density at radius 1 is 1.10 bits per heavy atom. The number of rotatable bonds is 7. The number of nitrogens with one attached hydrogen (secondary N) is 1. The van der Waals surface area contributed by atoms with Crippen LogP contribution in [0.15, 0.2) is 65.0 Å². The first-order chi connectivity index (χ1) is 14.2. The van der Waals surface area contributed by atoms with Gasteiger partial charge in [-0.1, -0.05) is 49.0 Å². The van der Waals surface area contributed by atoms with E-state index >= 15 is 0 Å². The first kappa shape index (κ1) is 19.7. The van der Waals surface area contributed by atoms with E-state index < -0.39 is 0 Å². The zero-order chi connectivity index (χ0) is 20.2. The molecule has 1 aromatic heterocycles. The second-order valence-corrected chi connectivity index (χ2v) is 9.09. The van der Waals surface area contributed by atoms with Gasteiger partial charge in [0.2, 0.25) is 5.91 Å². The fourth-order valence-electron chi connectivity index (χ4n) is 3.12. The topological polar surface area (TPSA) is 51.2 Å². The van der Waals surface area contributed by atoms with Crippen molar-refractivity contribution in [2.75, 3.05) is 11.9 Å². The molecule has 1 unspecified atom stereocenters. The fraction of sp³-hybridized carbons (Fsp3) is 0.217. The number of thiazole rings is 1. The molecular weight excluding hydrogens is 400 g/mol. The first-order valence-electron chi connectivity index (χ1n) is 9.66. The van der Waals surface area contributed by atoms with E-state index in [4.69, 9.17) is 4.74 Å². The van der Waals surface area contributed by atoms with E-state index in [9.17, 15) is 4.79 Å². The maximum atomic E-state index is 12.9. The highest BCUT2D eigenvalue weighted by molar-refractivity contribution is 8.02. The monoisotopic (exact) mass is 422 g/mol. The highest BCUT2D eigenvalue weighted by atomic mass is 32.2. The summed E-state index contributed by atoms with van der Waals surface area (Å²) in [5.41, 5.74) is 1.75. The standard InChI is InChI=1S/C23H22N2O2S2/c1-3-20(22(26)24-17-10-9-15-7-5-6-8-16(15)13-17)28-23-25-19-12-11-18(27-4-2)14-21(19)29-23/h5-14,20H,3-4H2,1-2H3,(H,24,26). The molecule has 0 aliphatic heterocycles. The lowest BCUT2D eigenvalue weighted by Crippen LogP contribution is -2.24. The molecule has 0 saturated carbocycles. The molecule has 0 aliphatic carbocycles. The first-order valence-corrected chi connectivity index (χ1v) is 11.4. The molecule has 0 radical (unpaired) electrons. The van der Waals surface area contributed by atoms with Crippen LogP contribution >= 0.6 is 23.1 Å². The molecule has 0 bridgehead atoms. The predicted molar refractivity (Wildman–Crippen MR) is 123 cm³/mol. The number of hydrogen-bond donors (Lipinski definition) is 1. The van der Waals surface area contributed by atoms with Gasteiger partial charge in [-0.3, -0.25) is 4.79 Å². The van der Waals surface area contributed by atoms with Gasteiger partial charge in [0, 0.05) is 5.69 Å². The van der Waals surface area contributed by atoms with Crippen LogP contribution in [0.5, 0.6) is 5.75 Å². The minimum absolute atomic E-state index is 0.00189. The number of nitrogens with zero attached hydrogens (tertiary/aromatic N) is 1. The van der Waals surface area contributed by atoms with Crippen molar-refractivity contribution in [2.24, 2.45) is 0 Å². The van der Waals surface area contributed by atoms with Crippen LogP contribution < -0.4 is 10.1 Å². The highest BCUT2D eigenvalue weighted by Gasteiger charge is 2.20. The Morgan fingerprint density at radius 2 is 1.93 bits per heavy atom. The molecule has 1 amide bonds. The molecule has 4 rings (SSSR count). The maximum Gasteiger partial charge on any atom is 0.237 e. The third-order valence-corrected chi connectivity index (χ3v) is 7.05. The van der Waals surface area contributed by atoms with Gasteiger partial charge in [-0.05, 0) is 54.4 Å². The SMILES string of the molecule is CCOc1ccc2nc(SC(CC)C(=O)Nc3ccc4ccccc4c3)sc2c1. The third kappa shape index (κ3) is 4.54. The van der Waals surface area contributed by atoms with Gasteiger partial charge in [0.05, 0.1) is 22.1 Å². The molecule has 0 saturated heterocycles. The van der Waals surface area contributed by atoms with Crippen molar-refractivity contribution < 1.29 is 9.53 Å². The summed E-state index contributed by atoms with van der Waals surface area (Å²) in [6, 6.07) is 20.0. The van der Waals surface area contributed by atoms with E-state index in [0.717, 1.165) is 43.2 Å². The van der Waals surface area contributed by atoms with Crippen LogP contribution in [-0.2, 0) is 4.79 Å². The number of anilines is 1. The molecular formula is C23H22N2O2S2. The molecule has 0 fully saturated rings. The Balaban J connectivity index is 1.48. The van der Waals surface area contributed by atoms with E-state index in [2.05, 4.69) is 22.4 Å². The molecule has 29 heavy (non-hydrogen) atoms. The number of ether oxygens (including phenoxy) is 1. The summed E-state index contributed by atoms with van der Waals surface area (Å²) in [6.45, 7) is 4.63. The summed E-state index contributed by atoms with van der Waals surface area (Å²) >= 11 is 3.12. The van der Waals surface area contributed by atoms with Gasteiger partial charge in [-0.25, -0.2) is 4.98 Å². The highest BCUT2D eigenvalue weighted by Crippen LogP contribution is 2.35. The van der Waals surface area contributed by atoms with Crippen LogP contribution in [0.3, 0.4) is 0 Å². The quantitative estimate of drug-likeness (QED) is 0.352. The zero-order valence-corrected chi connectivity index (χ0v) is 18.0. The molecule has 1 N–H and O–H groups in total. The zero-order valence-electron chi connectivity index (χ0n) is 16.3. The normalized spacial score (nSPS) is 12.2. The van der Waals surface area contributed by atoms with E-state index in [1.165, 1.54) is 11.8 Å². The number of benzene rings is 3. The fourth-order valence-corrected chi connectivity index (χ4v) is 5.39. The average Bonchev–Trinajstić information content (AvgIpc) is 3.14. The van der Waals surface area contributed by atoms with Crippen molar-refractivity contribution >= 4 is 55.7 Å². The maximum absolute atomic E-state index is 12.9. The molecule has 6 heteroatoms. The minimum atomic E-state index is -0.201. The van der Waals surface area contributed by atoms with E-state index in [0.29, 0.717) is 6.61 Å². The predicted octanol–water partition coefficient (Wildman–Crippen LogP) is 6.36. The lowest BCUT2D eigenvalue weighted by atomic mass is 10.1. The molecule has 4 aromatic rings. The number of aromatic nitrogens is 1. The smallest absolute Gasteiger partial charge is 0.237 e. The van der Waals surface area contributed by atoms with E-state index in [1.807, 2.05) is 62.4 Å². The van der Waals surface area contributed by atoms with Crippen LogP contribution in [-0.4, -0.2) is 22.7 Å². The van der Waals surface area contributed by atoms with Gasteiger partial charge >= 0.3 is 0 Å². The number of amides is 1. The van der Waals surface area contributed by atoms with Gasteiger partial charge in [-0.2, -0.15) is 0 Å². The van der Waals surface area contributed by atoms with Crippen LogP contribution in [0.2, 0.25) is 0 Å². The third-order valence-electron chi connectivity index (χ3n) is 4.57. The van der Waals surface area contributed by atoms with Crippen molar-refractivity contribution in [3.63, 3.8) is 0 Å². The minimum Gasteiger partial charge on any atom is -0.494 e. The van der Waals surface area contributed by atoms with Crippen LogP contribution in [0, 0.1) is 0 Å². The number of carbonyl (C=O) groups excluding carboxylic acids is 1. The molecule has 4 nitrogen and oxygen atoms in total. The molecule has 1 heterocycles. The number of hydrogen-bond acceptors (Lipinski definition) is 5. The molecule has 0 spiro atoms. The van der Waals surface area contributed by atoms with E-state index in [1.54, 1.807) is 11.3 Å². The Hall–Kier alpha value is -2.57. The number of carbonyl (C=O) groups is 1. The molecule has 1 atom stereocenters. The summed E-state index contributed by atoms with van der Waals surface area (Å²) in [5.74, 6) is 0.850. The summed E-state index contributed by atoms with van der Waals surface area (Å²) in [7, 11) is 0. The van der Waals surface area contributed by atoms with Gasteiger partial charge < -0.3 is 10.1 Å². The summed E-state index contributed by atoms with van der Waals surface area (Å²) < 4.78 is 7.54. The van der Waals surface area contributed by atoms with Crippen molar-refractivity contribution in [2.45, 2.75) is 29.9 Å². The summed E-state index contributed by atoms with van der Waals surface area (Å²) in [6.07, 6.45) is 0.726. The number of fused-ring (bicyclic) bond motifs is 2. The van der Waals surface area contributed by atoms with Gasteiger partial charge in [-0.15, -0.1) is 11.3 Å². The van der Waals surface area contributed by atoms with E-state index in [-0.39, 0.29) is 11.2 Å². The summed E-state index contributed by atoms with van der Waals surface area (Å²) in [5, 5.41) is 5.13. The Bertz CT molecular complexity index is 1160.